The molecule has 0 aromatic heterocycles. The van der Waals surface area contributed by atoms with Gasteiger partial charge in [0.05, 0.1) is 0 Å². The monoisotopic (exact) mass is 721 g/mol. The maximum absolute atomic E-state index is 2.22. The molecule has 0 atom stereocenters. The predicted molar refractivity (Wildman–Crippen MR) is 251 cm³/mol. The molecule has 0 unspecified atom stereocenters. The summed E-state index contributed by atoms with van der Waals surface area (Å²) >= 11 is 0. The minimum absolute atomic E-state index is 0.884. The zero-order valence-corrected chi connectivity index (χ0v) is 42.8. The first-order valence-electron chi connectivity index (χ1n) is 22.7. The van der Waals surface area contributed by atoms with Crippen LogP contribution < -0.4 is 0 Å². The van der Waals surface area contributed by atoms with Crippen LogP contribution in [0.25, 0.3) is 0 Å². The van der Waals surface area contributed by atoms with E-state index in [9.17, 15) is 0 Å². The van der Waals surface area contributed by atoms with Crippen molar-refractivity contribution in [2.45, 2.75) is 272 Å². The Balaban J connectivity index is -0.0000000444. The lowest BCUT2D eigenvalue weighted by atomic mass is 10.2. The van der Waals surface area contributed by atoms with Crippen LogP contribution in [0.2, 0.25) is 0 Å². The second-order valence-corrected chi connectivity index (χ2v) is 18.0. The lowest BCUT2D eigenvalue weighted by Gasteiger charge is -1.90. The molecule has 0 aromatic rings. The molecule has 0 saturated heterocycles. The number of hydrogen-bond acceptors (Lipinski definition) is 0. The van der Waals surface area contributed by atoms with Gasteiger partial charge in [-0.05, 0) is 59.2 Å². The Bertz CT molecular complexity index is 273. The Labute approximate surface area is 330 Å². The quantitative estimate of drug-likeness (QED) is 0.211. The van der Waals surface area contributed by atoms with E-state index in [1.54, 1.807) is 0 Å². The van der Waals surface area contributed by atoms with Crippen molar-refractivity contribution in [2.24, 2.45) is 59.2 Å². The standard InChI is InChI=1S/10C5H12/c10*1-4-5(2)3/h10*5H,4H2,1-3H3. The van der Waals surface area contributed by atoms with Crippen LogP contribution in [0.4, 0.5) is 0 Å². The smallest absolute Gasteiger partial charge is 0.0474 e. The molecule has 0 N–H and O–H groups in total. The molecule has 50 heavy (non-hydrogen) atoms. The molecular formula is C50H120. The van der Waals surface area contributed by atoms with E-state index in [2.05, 4.69) is 208 Å². The molecule has 0 saturated carbocycles. The first-order valence-corrected chi connectivity index (χ1v) is 22.7. The van der Waals surface area contributed by atoms with Gasteiger partial charge in [0.25, 0.3) is 0 Å². The molecule has 320 valence electrons. The van der Waals surface area contributed by atoms with E-state index in [0.29, 0.717) is 0 Å². The molecule has 0 aliphatic heterocycles. The van der Waals surface area contributed by atoms with Gasteiger partial charge >= 0.3 is 0 Å². The molecule has 0 heterocycles. The summed E-state index contributed by atoms with van der Waals surface area (Å²) in [5.74, 6) is 8.84. The molecule has 0 rings (SSSR count). The van der Waals surface area contributed by atoms with Crippen LogP contribution in [0, 0.1) is 59.2 Å². The Kier molecular flexibility index (Phi) is 106. The molecule has 0 nitrogen and oxygen atoms in total. The maximum Gasteiger partial charge on any atom is -0.0474 e. The van der Waals surface area contributed by atoms with Gasteiger partial charge in [-0.3, -0.25) is 0 Å². The van der Waals surface area contributed by atoms with Crippen molar-refractivity contribution in [3.05, 3.63) is 0 Å². The van der Waals surface area contributed by atoms with Crippen molar-refractivity contribution in [3.63, 3.8) is 0 Å². The highest BCUT2D eigenvalue weighted by atomic mass is 13.9. The van der Waals surface area contributed by atoms with Gasteiger partial charge in [-0.25, -0.2) is 0 Å². The van der Waals surface area contributed by atoms with Crippen molar-refractivity contribution in [3.8, 4) is 0 Å². The first-order chi connectivity index (χ1) is 22.7. The number of hydrogen-bond donors (Lipinski definition) is 0. The molecule has 0 amide bonds. The van der Waals surface area contributed by atoms with Gasteiger partial charge in [0.1, 0.15) is 0 Å². The fourth-order valence-corrected chi connectivity index (χ4v) is 0. The highest BCUT2D eigenvalue weighted by Crippen LogP contribution is 1.98. The fourth-order valence-electron chi connectivity index (χ4n) is 0. The van der Waals surface area contributed by atoms with Crippen LogP contribution in [0.3, 0.4) is 0 Å². The highest BCUT2D eigenvalue weighted by Gasteiger charge is 1.84. The topological polar surface area (TPSA) is 0 Å². The van der Waals surface area contributed by atoms with E-state index in [-0.39, 0.29) is 0 Å². The summed E-state index contributed by atoms with van der Waals surface area (Å²) in [6.07, 6.45) is 13.1. The van der Waals surface area contributed by atoms with Gasteiger partial charge in [0, 0.05) is 0 Å². The molecule has 0 fully saturated rings. The second kappa shape index (κ2) is 70.6. The highest BCUT2D eigenvalue weighted by molar-refractivity contribution is 4.36. The SMILES string of the molecule is CCC(C)C.CCC(C)C.CCC(C)C.CCC(C)C.CCC(C)C.CCC(C)C.CCC(C)C.CCC(C)C.CCC(C)C.CCC(C)C. The third kappa shape index (κ3) is 265. The van der Waals surface area contributed by atoms with E-state index < -0.39 is 0 Å². The summed E-state index contributed by atoms with van der Waals surface area (Å²) in [5, 5.41) is 0. The lowest BCUT2D eigenvalue weighted by Crippen LogP contribution is -1.77. The first kappa shape index (κ1) is 75.0. The Morgan fingerprint density at radius 2 is 0.160 bits per heavy atom. The van der Waals surface area contributed by atoms with E-state index >= 15 is 0 Å². The summed E-state index contributed by atoms with van der Waals surface area (Å²) in [5.41, 5.74) is 0. The van der Waals surface area contributed by atoms with Gasteiger partial charge in [-0.15, -0.1) is 0 Å². The van der Waals surface area contributed by atoms with Crippen LogP contribution in [-0.4, -0.2) is 0 Å². The van der Waals surface area contributed by atoms with Gasteiger partial charge in [-0.2, -0.15) is 0 Å². The van der Waals surface area contributed by atoms with E-state index in [0.717, 1.165) is 59.2 Å². The predicted octanol–water partition coefficient (Wildman–Crippen LogP) is 20.5. The molecule has 0 spiro atoms. The van der Waals surface area contributed by atoms with Crippen LogP contribution in [0.5, 0.6) is 0 Å². The van der Waals surface area contributed by atoms with Crippen molar-refractivity contribution in [2.75, 3.05) is 0 Å². The zero-order chi connectivity index (χ0) is 42.8. The Hall–Kier alpha value is 0. The Morgan fingerprint density at radius 1 is 0.140 bits per heavy atom. The zero-order valence-electron chi connectivity index (χ0n) is 42.8. The van der Waals surface area contributed by atoms with Crippen LogP contribution in [0.1, 0.15) is 272 Å². The van der Waals surface area contributed by atoms with Crippen molar-refractivity contribution >= 4 is 0 Å². The molecule has 0 aliphatic carbocycles. The lowest BCUT2D eigenvalue weighted by molar-refractivity contribution is 0.626. The molecule has 0 bridgehead atoms. The van der Waals surface area contributed by atoms with Crippen molar-refractivity contribution in [1.29, 1.82) is 0 Å². The molecule has 0 aromatic carbocycles. The van der Waals surface area contributed by atoms with E-state index in [1.165, 1.54) is 64.2 Å². The van der Waals surface area contributed by atoms with E-state index in [1.807, 2.05) is 0 Å². The van der Waals surface area contributed by atoms with Crippen LogP contribution in [-0.2, 0) is 0 Å². The number of rotatable bonds is 10. The van der Waals surface area contributed by atoms with Crippen LogP contribution in [0.15, 0.2) is 0 Å². The van der Waals surface area contributed by atoms with Crippen LogP contribution >= 0.6 is 0 Å². The van der Waals surface area contributed by atoms with Gasteiger partial charge in [0.2, 0.25) is 0 Å². The summed E-state index contributed by atoms with van der Waals surface area (Å²) in [4.78, 5) is 0. The summed E-state index contributed by atoms with van der Waals surface area (Å²) in [6, 6.07) is 0. The third-order valence-corrected chi connectivity index (χ3v) is 8.16. The molecule has 0 aliphatic rings. The van der Waals surface area contributed by atoms with E-state index in [4.69, 9.17) is 0 Å². The average molecular weight is 722 g/mol. The minimum Gasteiger partial charge on any atom is -0.0651 e. The second-order valence-electron chi connectivity index (χ2n) is 18.0. The van der Waals surface area contributed by atoms with Gasteiger partial charge in [0.15, 0.2) is 0 Å². The fraction of sp³-hybridized carbons (Fsp3) is 1.00. The van der Waals surface area contributed by atoms with Crippen molar-refractivity contribution in [1.82, 2.24) is 0 Å². The molecule has 0 heteroatoms. The summed E-state index contributed by atoms with van der Waals surface area (Å²) in [6.45, 7) is 66.4. The van der Waals surface area contributed by atoms with Gasteiger partial charge in [-0.1, -0.05) is 272 Å². The Morgan fingerprint density at radius 3 is 0.160 bits per heavy atom. The average Bonchev–Trinajstić information content (AvgIpc) is 3.06. The molecule has 0 radical (unpaired) electrons. The molecular weight excluding hydrogens is 601 g/mol. The summed E-state index contributed by atoms with van der Waals surface area (Å²) < 4.78 is 0. The summed E-state index contributed by atoms with van der Waals surface area (Å²) in [7, 11) is 0. The normalized spacial score (nSPS) is 9.60. The maximum atomic E-state index is 2.22. The minimum atomic E-state index is 0.884. The largest absolute Gasteiger partial charge is 0.0651 e. The third-order valence-electron chi connectivity index (χ3n) is 8.16. The van der Waals surface area contributed by atoms with Gasteiger partial charge < -0.3 is 0 Å². The van der Waals surface area contributed by atoms with Crippen molar-refractivity contribution < 1.29 is 0 Å².